The smallest absolute Gasteiger partial charge is 0.264 e. The molecule has 33 heavy (non-hydrogen) atoms. The fourth-order valence-electron chi connectivity index (χ4n) is 4.27. The third-order valence-corrected chi connectivity index (χ3v) is 7.98. The van der Waals surface area contributed by atoms with Crippen LogP contribution in [-0.4, -0.2) is 20.9 Å². The first-order valence-electron chi connectivity index (χ1n) is 11.4. The summed E-state index contributed by atoms with van der Waals surface area (Å²) in [5.74, 6) is -0.347. The van der Waals surface area contributed by atoms with Gasteiger partial charge < -0.3 is 5.32 Å². The molecule has 3 aromatic carbocycles. The maximum atomic E-state index is 13.4. The van der Waals surface area contributed by atoms with E-state index in [9.17, 15) is 13.2 Å². The van der Waals surface area contributed by atoms with Gasteiger partial charge in [0.2, 0.25) is 5.91 Å². The van der Waals surface area contributed by atoms with Gasteiger partial charge in [0, 0.05) is 0 Å². The number of hydrogen-bond donors (Lipinski definition) is 1. The summed E-state index contributed by atoms with van der Waals surface area (Å²) in [5.41, 5.74) is 5.26. The summed E-state index contributed by atoms with van der Waals surface area (Å²) in [6, 6.07) is 21.5. The van der Waals surface area contributed by atoms with Crippen molar-refractivity contribution in [1.29, 1.82) is 0 Å². The van der Waals surface area contributed by atoms with Gasteiger partial charge in [-0.25, -0.2) is 8.42 Å². The van der Waals surface area contributed by atoms with Crippen LogP contribution in [0.1, 0.15) is 48.1 Å². The molecule has 0 heterocycles. The quantitative estimate of drug-likeness (QED) is 0.540. The van der Waals surface area contributed by atoms with E-state index >= 15 is 0 Å². The largest absolute Gasteiger partial charge is 0.348 e. The van der Waals surface area contributed by atoms with Crippen molar-refractivity contribution < 1.29 is 13.2 Å². The lowest BCUT2D eigenvalue weighted by molar-refractivity contribution is -0.120. The molecule has 0 spiro atoms. The number of carbonyl (C=O) groups excluding carboxylic acids is 1. The number of amides is 1. The van der Waals surface area contributed by atoms with E-state index in [1.54, 1.807) is 42.5 Å². The van der Waals surface area contributed by atoms with Crippen LogP contribution in [0.15, 0.2) is 77.7 Å². The van der Waals surface area contributed by atoms with Crippen LogP contribution in [0.4, 0.5) is 5.69 Å². The summed E-state index contributed by atoms with van der Waals surface area (Å²) in [6.07, 6.45) is 4.60. The first kappa shape index (κ1) is 23.1. The SMILES string of the molecule is Cc1ccc(N(CC(=O)N[C@@H](C)c2ccc3c(c2)CCCC3)S(=O)(=O)c2ccccc2)cc1. The van der Waals surface area contributed by atoms with Crippen molar-refractivity contribution >= 4 is 21.6 Å². The minimum absolute atomic E-state index is 0.154. The molecule has 0 saturated heterocycles. The van der Waals surface area contributed by atoms with Crippen LogP contribution in [-0.2, 0) is 27.7 Å². The average Bonchev–Trinajstić information content (AvgIpc) is 2.83. The molecule has 6 heteroatoms. The van der Waals surface area contributed by atoms with Crippen LogP contribution >= 0.6 is 0 Å². The molecule has 0 aromatic heterocycles. The van der Waals surface area contributed by atoms with Gasteiger partial charge in [0.05, 0.1) is 16.6 Å². The summed E-state index contributed by atoms with van der Waals surface area (Å²) in [6.45, 7) is 3.58. The van der Waals surface area contributed by atoms with Gasteiger partial charge in [-0.15, -0.1) is 0 Å². The Morgan fingerprint density at radius 2 is 1.61 bits per heavy atom. The standard InChI is InChI=1S/C27H30N2O3S/c1-20-12-16-25(17-13-20)29(33(31,32)26-10-4-3-5-11-26)19-27(30)28-21(2)23-15-14-22-8-6-7-9-24(22)18-23/h3-5,10-18,21H,6-9,19H2,1-2H3,(H,28,30)/t21-/m0/s1. The van der Waals surface area contributed by atoms with Crippen molar-refractivity contribution in [3.8, 4) is 0 Å². The number of nitrogens with zero attached hydrogens (tertiary/aromatic N) is 1. The molecule has 1 amide bonds. The molecular formula is C27H30N2O3S. The lowest BCUT2D eigenvalue weighted by Gasteiger charge is -2.25. The molecule has 3 aromatic rings. The van der Waals surface area contributed by atoms with Gasteiger partial charge in [-0.1, -0.05) is 54.1 Å². The molecule has 1 atom stereocenters. The molecule has 0 aliphatic heterocycles. The maximum Gasteiger partial charge on any atom is 0.264 e. The Bertz CT molecular complexity index is 1220. The zero-order valence-electron chi connectivity index (χ0n) is 19.1. The second kappa shape index (κ2) is 9.79. The topological polar surface area (TPSA) is 66.5 Å². The van der Waals surface area contributed by atoms with Crippen LogP contribution in [0.25, 0.3) is 0 Å². The van der Waals surface area contributed by atoms with Gasteiger partial charge >= 0.3 is 0 Å². The molecule has 5 nitrogen and oxygen atoms in total. The molecule has 0 radical (unpaired) electrons. The van der Waals surface area contributed by atoms with E-state index in [1.165, 1.54) is 28.3 Å². The van der Waals surface area contributed by atoms with Crippen molar-refractivity contribution in [2.24, 2.45) is 0 Å². The molecule has 172 valence electrons. The van der Waals surface area contributed by atoms with Gasteiger partial charge in [-0.2, -0.15) is 0 Å². The van der Waals surface area contributed by atoms with Gasteiger partial charge in [0.1, 0.15) is 6.54 Å². The summed E-state index contributed by atoms with van der Waals surface area (Å²) >= 11 is 0. The Balaban J connectivity index is 1.56. The van der Waals surface area contributed by atoms with Crippen LogP contribution in [0.2, 0.25) is 0 Å². The highest BCUT2D eigenvalue weighted by Gasteiger charge is 2.27. The van der Waals surface area contributed by atoms with Crippen LogP contribution in [0, 0.1) is 6.92 Å². The predicted molar refractivity (Wildman–Crippen MR) is 132 cm³/mol. The number of sulfonamides is 1. The van der Waals surface area contributed by atoms with Crippen LogP contribution in [0.5, 0.6) is 0 Å². The van der Waals surface area contributed by atoms with Gasteiger partial charge in [-0.3, -0.25) is 9.10 Å². The Kier molecular flexibility index (Phi) is 6.84. The highest BCUT2D eigenvalue weighted by molar-refractivity contribution is 7.92. The van der Waals surface area contributed by atoms with Crippen molar-refractivity contribution in [3.63, 3.8) is 0 Å². The Hall–Kier alpha value is -3.12. The zero-order chi connectivity index (χ0) is 23.4. The van der Waals surface area contributed by atoms with E-state index in [0.717, 1.165) is 24.0 Å². The summed E-state index contributed by atoms with van der Waals surface area (Å²) in [5, 5.41) is 2.99. The number of fused-ring (bicyclic) bond motifs is 1. The molecule has 0 unspecified atom stereocenters. The Morgan fingerprint density at radius 3 is 2.30 bits per heavy atom. The monoisotopic (exact) mass is 462 g/mol. The number of rotatable bonds is 7. The number of aryl methyl sites for hydroxylation is 3. The number of anilines is 1. The number of hydrogen-bond acceptors (Lipinski definition) is 3. The van der Waals surface area contributed by atoms with E-state index in [4.69, 9.17) is 0 Å². The van der Waals surface area contributed by atoms with E-state index in [0.29, 0.717) is 5.69 Å². The highest BCUT2D eigenvalue weighted by Crippen LogP contribution is 2.26. The van der Waals surface area contributed by atoms with Crippen LogP contribution in [0.3, 0.4) is 0 Å². The van der Waals surface area contributed by atoms with E-state index in [2.05, 4.69) is 23.5 Å². The van der Waals surface area contributed by atoms with Crippen molar-refractivity contribution in [3.05, 3.63) is 95.1 Å². The van der Waals surface area contributed by atoms with E-state index in [-0.39, 0.29) is 23.4 Å². The summed E-state index contributed by atoms with van der Waals surface area (Å²) < 4.78 is 28.0. The molecule has 1 N–H and O–H groups in total. The van der Waals surface area contributed by atoms with Gasteiger partial charge in [-0.05, 0) is 80.5 Å². The minimum Gasteiger partial charge on any atom is -0.348 e. The second-order valence-corrected chi connectivity index (χ2v) is 10.5. The maximum absolute atomic E-state index is 13.4. The average molecular weight is 463 g/mol. The minimum atomic E-state index is -3.90. The van der Waals surface area contributed by atoms with E-state index < -0.39 is 10.0 Å². The molecule has 0 saturated carbocycles. The molecule has 1 aliphatic carbocycles. The fourth-order valence-corrected chi connectivity index (χ4v) is 5.71. The predicted octanol–water partition coefficient (Wildman–Crippen LogP) is 4.95. The van der Waals surface area contributed by atoms with E-state index in [1.807, 2.05) is 26.0 Å². The number of benzene rings is 3. The van der Waals surface area contributed by atoms with Crippen molar-refractivity contribution in [1.82, 2.24) is 5.32 Å². The Labute approximate surface area is 196 Å². The first-order chi connectivity index (χ1) is 15.8. The number of carbonyl (C=O) groups is 1. The summed E-state index contributed by atoms with van der Waals surface area (Å²) in [7, 11) is -3.90. The molecule has 0 bridgehead atoms. The molecule has 1 aliphatic rings. The molecule has 4 rings (SSSR count). The highest BCUT2D eigenvalue weighted by atomic mass is 32.2. The second-order valence-electron chi connectivity index (χ2n) is 8.68. The third kappa shape index (κ3) is 5.28. The van der Waals surface area contributed by atoms with Crippen molar-refractivity contribution in [2.45, 2.75) is 50.5 Å². The van der Waals surface area contributed by atoms with Crippen LogP contribution < -0.4 is 9.62 Å². The molecular weight excluding hydrogens is 432 g/mol. The fraction of sp³-hybridized carbons (Fsp3) is 0.296. The third-order valence-electron chi connectivity index (χ3n) is 6.19. The van der Waals surface area contributed by atoms with Gasteiger partial charge in [0.15, 0.2) is 0 Å². The normalized spacial score (nSPS) is 14.2. The first-order valence-corrected chi connectivity index (χ1v) is 12.8. The lowest BCUT2D eigenvalue weighted by atomic mass is 9.89. The Morgan fingerprint density at radius 1 is 0.939 bits per heavy atom. The van der Waals surface area contributed by atoms with Gasteiger partial charge in [0.25, 0.3) is 10.0 Å². The number of nitrogens with one attached hydrogen (secondary N) is 1. The lowest BCUT2D eigenvalue weighted by Crippen LogP contribution is -2.41. The van der Waals surface area contributed by atoms with Crippen molar-refractivity contribution in [2.75, 3.05) is 10.8 Å². The molecule has 0 fully saturated rings. The summed E-state index contributed by atoms with van der Waals surface area (Å²) in [4.78, 5) is 13.2. The zero-order valence-corrected chi connectivity index (χ0v) is 19.9.